The van der Waals surface area contributed by atoms with E-state index in [0.717, 1.165) is 0 Å². The van der Waals surface area contributed by atoms with Crippen LogP contribution in [-0.2, 0) is 0 Å². The molecule has 0 atom stereocenters. The van der Waals surface area contributed by atoms with Crippen LogP contribution >= 0.6 is 0 Å². The highest BCUT2D eigenvalue weighted by Gasteiger charge is 2.16. The van der Waals surface area contributed by atoms with Crippen LogP contribution in [0.1, 0.15) is 10.4 Å². The van der Waals surface area contributed by atoms with Crippen molar-refractivity contribution in [2.45, 2.75) is 0 Å². The number of rotatable bonds is 4. The number of amides is 1. The first-order valence-electron chi connectivity index (χ1n) is 8.96. The summed E-state index contributed by atoms with van der Waals surface area (Å²) in [6.07, 6.45) is 1.52. The highest BCUT2D eigenvalue weighted by Crippen LogP contribution is 2.24. The van der Waals surface area contributed by atoms with Gasteiger partial charge in [-0.05, 0) is 42.5 Å². The summed E-state index contributed by atoms with van der Waals surface area (Å²) in [7, 11) is 1.57. The molecular formula is C23H18N2O4. The third-order valence-electron chi connectivity index (χ3n) is 4.67. The number of pyridine rings is 1. The molecule has 0 aliphatic heterocycles. The van der Waals surface area contributed by atoms with E-state index in [-0.39, 0.29) is 11.3 Å². The number of carbonyl (C=O) groups is 1. The molecule has 29 heavy (non-hydrogen) atoms. The summed E-state index contributed by atoms with van der Waals surface area (Å²) < 4.78 is 6.60. The van der Waals surface area contributed by atoms with Gasteiger partial charge in [-0.15, -0.1) is 0 Å². The van der Waals surface area contributed by atoms with Crippen molar-refractivity contribution in [1.29, 1.82) is 0 Å². The van der Waals surface area contributed by atoms with E-state index in [0.29, 0.717) is 33.5 Å². The number of hydrogen-bond acceptors (Lipinski definition) is 4. The first-order chi connectivity index (χ1) is 14.1. The Kier molecular flexibility index (Phi) is 4.75. The van der Waals surface area contributed by atoms with Crippen molar-refractivity contribution in [3.63, 3.8) is 0 Å². The Labute approximate surface area is 166 Å². The predicted octanol–water partition coefficient (Wildman–Crippen LogP) is 3.96. The number of aromatic nitrogens is 1. The van der Waals surface area contributed by atoms with Crippen LogP contribution in [0, 0.1) is 0 Å². The second kappa shape index (κ2) is 7.52. The lowest BCUT2D eigenvalue weighted by atomic mass is 10.1. The van der Waals surface area contributed by atoms with E-state index in [2.05, 4.69) is 5.32 Å². The van der Waals surface area contributed by atoms with Crippen molar-refractivity contribution in [3.05, 3.63) is 94.9 Å². The van der Waals surface area contributed by atoms with Crippen molar-refractivity contribution >= 4 is 22.4 Å². The molecule has 4 aromatic rings. The van der Waals surface area contributed by atoms with Gasteiger partial charge in [0.1, 0.15) is 11.5 Å². The zero-order valence-corrected chi connectivity index (χ0v) is 15.6. The quantitative estimate of drug-likeness (QED) is 0.520. The summed E-state index contributed by atoms with van der Waals surface area (Å²) >= 11 is 0. The van der Waals surface area contributed by atoms with E-state index in [1.54, 1.807) is 73.8 Å². The highest BCUT2D eigenvalue weighted by molar-refractivity contribution is 6.13. The molecule has 0 spiro atoms. The normalized spacial score (nSPS) is 10.7. The van der Waals surface area contributed by atoms with Gasteiger partial charge in [0.15, 0.2) is 0 Å². The number of methoxy groups -OCH3 is 1. The van der Waals surface area contributed by atoms with E-state index in [1.807, 2.05) is 0 Å². The van der Waals surface area contributed by atoms with Crippen molar-refractivity contribution in [1.82, 2.24) is 4.57 Å². The molecule has 3 aromatic carbocycles. The SMILES string of the molecule is COc1ccc(-n2cc(C(=O)Nc3ccccc3O)c3ccccc3c2=O)cc1. The number of anilines is 1. The van der Waals surface area contributed by atoms with Gasteiger partial charge in [-0.3, -0.25) is 14.2 Å². The molecule has 0 fully saturated rings. The van der Waals surface area contributed by atoms with E-state index < -0.39 is 5.91 Å². The minimum absolute atomic E-state index is 0.0337. The highest BCUT2D eigenvalue weighted by atomic mass is 16.5. The van der Waals surface area contributed by atoms with E-state index >= 15 is 0 Å². The Balaban J connectivity index is 1.86. The molecule has 0 aliphatic rings. The number of nitrogens with zero attached hydrogens (tertiary/aromatic N) is 1. The van der Waals surface area contributed by atoms with Crippen LogP contribution in [0.5, 0.6) is 11.5 Å². The Hall–Kier alpha value is -4.06. The first kappa shape index (κ1) is 18.3. The van der Waals surface area contributed by atoms with Crippen molar-refractivity contribution in [3.8, 4) is 17.2 Å². The number of fused-ring (bicyclic) bond motifs is 1. The van der Waals surface area contributed by atoms with Gasteiger partial charge < -0.3 is 15.2 Å². The second-order valence-corrected chi connectivity index (χ2v) is 6.43. The molecule has 2 N–H and O–H groups in total. The molecule has 6 nitrogen and oxygen atoms in total. The maximum Gasteiger partial charge on any atom is 0.262 e. The van der Waals surface area contributed by atoms with E-state index in [9.17, 15) is 14.7 Å². The van der Waals surface area contributed by atoms with Crippen molar-refractivity contribution < 1.29 is 14.6 Å². The fraction of sp³-hybridized carbons (Fsp3) is 0.0435. The molecule has 144 valence electrons. The molecular weight excluding hydrogens is 368 g/mol. The molecule has 0 saturated carbocycles. The zero-order valence-electron chi connectivity index (χ0n) is 15.6. The maximum absolute atomic E-state index is 13.0. The molecule has 1 heterocycles. The van der Waals surface area contributed by atoms with Gasteiger partial charge in [0.05, 0.1) is 18.4 Å². The fourth-order valence-electron chi connectivity index (χ4n) is 3.18. The zero-order chi connectivity index (χ0) is 20.4. The molecule has 0 radical (unpaired) electrons. The molecule has 0 unspecified atom stereocenters. The molecule has 0 aliphatic carbocycles. The lowest BCUT2D eigenvalue weighted by molar-refractivity contribution is 0.102. The number of ether oxygens (including phenoxy) is 1. The number of nitrogens with one attached hydrogen (secondary N) is 1. The van der Waals surface area contributed by atoms with Gasteiger partial charge in [-0.25, -0.2) is 0 Å². The van der Waals surface area contributed by atoms with Gasteiger partial charge in [0, 0.05) is 22.7 Å². The number of phenolic OH excluding ortho intramolecular Hbond substituents is 1. The largest absolute Gasteiger partial charge is 0.506 e. The lowest BCUT2D eigenvalue weighted by Gasteiger charge is -2.13. The Morgan fingerprint density at radius 3 is 2.28 bits per heavy atom. The van der Waals surface area contributed by atoms with Gasteiger partial charge in [0.25, 0.3) is 11.5 Å². The summed E-state index contributed by atoms with van der Waals surface area (Å²) in [5.74, 6) is 0.207. The third kappa shape index (κ3) is 3.43. The molecule has 6 heteroatoms. The van der Waals surface area contributed by atoms with Crippen LogP contribution in [0.4, 0.5) is 5.69 Å². The lowest BCUT2D eigenvalue weighted by Crippen LogP contribution is -2.22. The minimum Gasteiger partial charge on any atom is -0.506 e. The fourth-order valence-corrected chi connectivity index (χ4v) is 3.18. The topological polar surface area (TPSA) is 80.6 Å². The van der Waals surface area contributed by atoms with Crippen LogP contribution in [0.15, 0.2) is 83.8 Å². The summed E-state index contributed by atoms with van der Waals surface area (Å²) in [6.45, 7) is 0. The van der Waals surface area contributed by atoms with Gasteiger partial charge in [-0.1, -0.05) is 30.3 Å². The number of phenols is 1. The first-order valence-corrected chi connectivity index (χ1v) is 8.96. The molecule has 1 aromatic heterocycles. The summed E-state index contributed by atoms with van der Waals surface area (Å²) in [5.41, 5.74) is 0.992. The van der Waals surface area contributed by atoms with Gasteiger partial charge in [-0.2, -0.15) is 0 Å². The number of aromatic hydroxyl groups is 1. The van der Waals surface area contributed by atoms with Crippen molar-refractivity contribution in [2.24, 2.45) is 0 Å². The van der Waals surface area contributed by atoms with Crippen LogP contribution in [0.25, 0.3) is 16.5 Å². The molecule has 0 bridgehead atoms. The Morgan fingerprint density at radius 1 is 0.931 bits per heavy atom. The minimum atomic E-state index is -0.426. The predicted molar refractivity (Wildman–Crippen MR) is 112 cm³/mol. The second-order valence-electron chi connectivity index (χ2n) is 6.43. The number of para-hydroxylation sites is 2. The summed E-state index contributed by atoms with van der Waals surface area (Å²) in [6, 6.07) is 20.4. The standard InChI is InChI=1S/C23H18N2O4/c1-29-16-12-10-15(11-13-16)25-14-19(17-6-2-3-7-18(17)23(25)28)22(27)24-20-8-4-5-9-21(20)26/h2-14,26H,1H3,(H,24,27). The van der Waals surface area contributed by atoms with E-state index in [4.69, 9.17) is 4.74 Å². The smallest absolute Gasteiger partial charge is 0.262 e. The number of carbonyl (C=O) groups excluding carboxylic acids is 1. The molecule has 0 saturated heterocycles. The van der Waals surface area contributed by atoms with Gasteiger partial charge >= 0.3 is 0 Å². The van der Waals surface area contributed by atoms with Crippen molar-refractivity contribution in [2.75, 3.05) is 12.4 Å². The Bertz CT molecular complexity index is 1260. The average Bonchev–Trinajstić information content (AvgIpc) is 2.76. The van der Waals surface area contributed by atoms with Crippen LogP contribution in [0.2, 0.25) is 0 Å². The van der Waals surface area contributed by atoms with Crippen LogP contribution in [0.3, 0.4) is 0 Å². The molecule has 4 rings (SSSR count). The van der Waals surface area contributed by atoms with Crippen LogP contribution in [-0.4, -0.2) is 22.7 Å². The third-order valence-corrected chi connectivity index (χ3v) is 4.67. The number of hydrogen-bond donors (Lipinski definition) is 2. The number of benzene rings is 3. The average molecular weight is 386 g/mol. The van der Waals surface area contributed by atoms with Gasteiger partial charge in [0.2, 0.25) is 0 Å². The van der Waals surface area contributed by atoms with Crippen LogP contribution < -0.4 is 15.6 Å². The van der Waals surface area contributed by atoms with E-state index in [1.165, 1.54) is 16.8 Å². The monoisotopic (exact) mass is 386 g/mol. The molecule has 1 amide bonds. The summed E-state index contributed by atoms with van der Waals surface area (Å²) in [4.78, 5) is 26.0. The summed E-state index contributed by atoms with van der Waals surface area (Å²) in [5, 5.41) is 13.6. The Morgan fingerprint density at radius 2 is 1.59 bits per heavy atom. The maximum atomic E-state index is 13.0.